The van der Waals surface area contributed by atoms with Gasteiger partial charge in [0.05, 0.1) is 0 Å². The Bertz CT molecular complexity index is 112. The summed E-state index contributed by atoms with van der Waals surface area (Å²) in [4.78, 5) is 10.2. The Hall–Kier alpha value is -1.13. The summed E-state index contributed by atoms with van der Waals surface area (Å²) < 4.78 is 4.47. The van der Waals surface area contributed by atoms with Crippen LogP contribution in [0.5, 0.6) is 0 Å². The SMILES string of the molecule is C=CCOC(=O)C=C.[NH3+][O-]. The molecule has 0 atom stereocenters. The fourth-order valence-corrected chi connectivity index (χ4v) is 0.200. The summed E-state index contributed by atoms with van der Waals surface area (Å²) in [6.07, 6.45) is 2.62. The Kier molecular flexibility index (Phi) is 12.5. The highest BCUT2D eigenvalue weighted by Gasteiger charge is 1.87. The van der Waals surface area contributed by atoms with Crippen LogP contribution < -0.4 is 5.90 Å². The van der Waals surface area contributed by atoms with Gasteiger partial charge in [-0.3, -0.25) is 0 Å². The van der Waals surface area contributed by atoms with Gasteiger partial charge in [-0.15, -0.1) is 0 Å². The van der Waals surface area contributed by atoms with Gasteiger partial charge in [-0.1, -0.05) is 19.2 Å². The van der Waals surface area contributed by atoms with Crippen molar-refractivity contribution in [3.8, 4) is 0 Å². The smallest absolute Gasteiger partial charge is 0.330 e. The van der Waals surface area contributed by atoms with Crippen molar-refractivity contribution in [1.82, 2.24) is 0 Å². The van der Waals surface area contributed by atoms with Crippen LogP contribution in [0.15, 0.2) is 25.3 Å². The van der Waals surface area contributed by atoms with E-state index in [0.717, 1.165) is 6.08 Å². The van der Waals surface area contributed by atoms with Crippen LogP contribution in [0.2, 0.25) is 0 Å². The van der Waals surface area contributed by atoms with Crippen molar-refractivity contribution in [2.75, 3.05) is 6.61 Å². The zero-order valence-corrected chi connectivity index (χ0v) is 5.71. The predicted molar refractivity (Wildman–Crippen MR) is 37.6 cm³/mol. The van der Waals surface area contributed by atoms with Crippen LogP contribution in [-0.4, -0.2) is 12.6 Å². The number of quaternary nitrogens is 1. The minimum Gasteiger partial charge on any atom is -0.637 e. The minimum atomic E-state index is -0.412. The molecule has 0 aliphatic rings. The number of ether oxygens (including phenoxy) is 1. The molecule has 0 spiro atoms. The van der Waals surface area contributed by atoms with E-state index in [0.29, 0.717) is 0 Å². The second kappa shape index (κ2) is 10.8. The fraction of sp³-hybridized carbons (Fsp3) is 0.167. The molecule has 0 bridgehead atoms. The third-order valence-electron chi connectivity index (χ3n) is 0.510. The Morgan fingerprint density at radius 3 is 2.40 bits per heavy atom. The van der Waals surface area contributed by atoms with Gasteiger partial charge in [-0.2, -0.15) is 0 Å². The van der Waals surface area contributed by atoms with E-state index in [2.05, 4.69) is 17.9 Å². The van der Waals surface area contributed by atoms with E-state index in [1.165, 1.54) is 6.08 Å². The first-order valence-corrected chi connectivity index (χ1v) is 2.50. The Labute approximate surface area is 59.6 Å². The van der Waals surface area contributed by atoms with E-state index in [1.807, 2.05) is 5.90 Å². The third kappa shape index (κ3) is 9.98. The van der Waals surface area contributed by atoms with Crippen LogP contribution >= 0.6 is 0 Å². The number of esters is 1. The summed E-state index contributed by atoms with van der Waals surface area (Å²) in [5.41, 5.74) is 0. The molecule has 0 aromatic rings. The van der Waals surface area contributed by atoms with E-state index >= 15 is 0 Å². The lowest BCUT2D eigenvalue weighted by Gasteiger charge is -1.92. The highest BCUT2D eigenvalue weighted by molar-refractivity contribution is 5.81. The Balaban J connectivity index is 0. The molecule has 0 rings (SSSR count). The molecule has 0 unspecified atom stereocenters. The van der Waals surface area contributed by atoms with Crippen molar-refractivity contribution in [3.63, 3.8) is 0 Å². The first-order chi connectivity index (χ1) is 4.81. The topological polar surface area (TPSA) is 77.0 Å². The van der Waals surface area contributed by atoms with Crippen LogP contribution in [0.1, 0.15) is 0 Å². The Morgan fingerprint density at radius 1 is 1.60 bits per heavy atom. The van der Waals surface area contributed by atoms with Gasteiger partial charge in [-0.25, -0.2) is 4.79 Å². The van der Waals surface area contributed by atoms with Gasteiger partial charge < -0.3 is 15.8 Å². The number of carbonyl (C=O) groups excluding carboxylic acids is 1. The first-order valence-electron chi connectivity index (χ1n) is 2.50. The molecule has 0 saturated heterocycles. The summed E-state index contributed by atoms with van der Waals surface area (Å²) in [5, 5.41) is 8.00. The maximum Gasteiger partial charge on any atom is 0.330 e. The average Bonchev–Trinajstić information content (AvgIpc) is 2.04. The van der Waals surface area contributed by atoms with Gasteiger partial charge in [0.25, 0.3) is 0 Å². The molecule has 0 heterocycles. The third-order valence-corrected chi connectivity index (χ3v) is 0.510. The van der Waals surface area contributed by atoms with Gasteiger partial charge in [-0.05, 0) is 0 Å². The number of rotatable bonds is 3. The zero-order valence-electron chi connectivity index (χ0n) is 5.71. The highest BCUT2D eigenvalue weighted by Crippen LogP contribution is 1.77. The molecule has 0 aromatic carbocycles. The van der Waals surface area contributed by atoms with E-state index in [9.17, 15) is 4.79 Å². The van der Waals surface area contributed by atoms with Crippen molar-refractivity contribution in [3.05, 3.63) is 30.5 Å². The summed E-state index contributed by atoms with van der Waals surface area (Å²) in [6, 6.07) is 0. The molecular formula is C6H11NO3. The molecular weight excluding hydrogens is 134 g/mol. The highest BCUT2D eigenvalue weighted by atomic mass is 16.5. The number of hydrogen-bond acceptors (Lipinski definition) is 3. The van der Waals surface area contributed by atoms with Crippen LogP contribution in [0.3, 0.4) is 0 Å². The van der Waals surface area contributed by atoms with Crippen molar-refractivity contribution in [2.45, 2.75) is 0 Å². The maximum atomic E-state index is 10.2. The van der Waals surface area contributed by atoms with Crippen molar-refractivity contribution >= 4 is 5.97 Å². The summed E-state index contributed by atoms with van der Waals surface area (Å²) in [5.74, 6) is 1.59. The van der Waals surface area contributed by atoms with Crippen molar-refractivity contribution < 1.29 is 15.4 Å². The summed E-state index contributed by atoms with van der Waals surface area (Å²) in [7, 11) is 0. The lowest BCUT2D eigenvalue weighted by atomic mass is 10.6. The van der Waals surface area contributed by atoms with Gasteiger partial charge in [0.15, 0.2) is 0 Å². The van der Waals surface area contributed by atoms with E-state index in [-0.39, 0.29) is 6.61 Å². The van der Waals surface area contributed by atoms with Crippen LogP contribution in [0.25, 0.3) is 0 Å². The first kappa shape index (κ1) is 11.6. The van der Waals surface area contributed by atoms with Crippen LogP contribution in [0.4, 0.5) is 0 Å². The van der Waals surface area contributed by atoms with Crippen LogP contribution in [0, 0.1) is 5.21 Å². The Morgan fingerprint density at radius 2 is 2.10 bits per heavy atom. The maximum absolute atomic E-state index is 10.2. The van der Waals surface area contributed by atoms with E-state index < -0.39 is 5.97 Å². The van der Waals surface area contributed by atoms with Crippen molar-refractivity contribution in [1.29, 1.82) is 0 Å². The average molecular weight is 145 g/mol. The largest absolute Gasteiger partial charge is 0.637 e. The number of hydrogen-bond donors (Lipinski definition) is 1. The molecule has 0 radical (unpaired) electrons. The van der Waals surface area contributed by atoms with Gasteiger partial charge in [0.1, 0.15) is 6.61 Å². The molecule has 3 N–H and O–H groups in total. The summed E-state index contributed by atoms with van der Waals surface area (Å²) >= 11 is 0. The fourth-order valence-electron chi connectivity index (χ4n) is 0.200. The van der Waals surface area contributed by atoms with Crippen LogP contribution in [-0.2, 0) is 9.53 Å². The minimum absolute atomic E-state index is 0.255. The lowest BCUT2D eigenvalue weighted by molar-refractivity contribution is -0.275. The van der Waals surface area contributed by atoms with E-state index in [4.69, 9.17) is 5.21 Å². The quantitative estimate of drug-likeness (QED) is 0.254. The summed E-state index contributed by atoms with van der Waals surface area (Å²) in [6.45, 7) is 6.81. The molecule has 4 nitrogen and oxygen atoms in total. The second-order valence-corrected chi connectivity index (χ2v) is 1.12. The van der Waals surface area contributed by atoms with Gasteiger partial charge in [0, 0.05) is 6.08 Å². The monoisotopic (exact) mass is 145 g/mol. The molecule has 0 fully saturated rings. The normalized spacial score (nSPS) is 6.60. The molecule has 0 aliphatic carbocycles. The zero-order chi connectivity index (χ0) is 8.41. The molecule has 0 aliphatic heterocycles. The standard InChI is InChI=1S/C6H8O2.H3NO/c1-3-5-8-6(7)4-2;1-2/h3-4H,1-2,5H2;1H3. The molecule has 58 valence electrons. The molecule has 0 amide bonds. The molecule has 4 heteroatoms. The lowest BCUT2D eigenvalue weighted by Crippen LogP contribution is -2.37. The van der Waals surface area contributed by atoms with Gasteiger partial charge >= 0.3 is 5.97 Å². The predicted octanol–water partition coefficient (Wildman–Crippen LogP) is -0.372. The molecule has 0 saturated carbocycles. The van der Waals surface area contributed by atoms with Crippen molar-refractivity contribution in [2.24, 2.45) is 0 Å². The molecule has 0 aromatic heterocycles. The molecule has 10 heavy (non-hydrogen) atoms. The van der Waals surface area contributed by atoms with Gasteiger partial charge in [0.2, 0.25) is 0 Å². The number of carbonyl (C=O) groups is 1. The van der Waals surface area contributed by atoms with E-state index in [1.54, 1.807) is 0 Å². The second-order valence-electron chi connectivity index (χ2n) is 1.12.